The quantitative estimate of drug-likeness (QED) is 0.763. The van der Waals surface area contributed by atoms with Crippen molar-refractivity contribution in [1.29, 1.82) is 0 Å². The second-order valence-corrected chi connectivity index (χ2v) is 7.19. The van der Waals surface area contributed by atoms with Crippen molar-refractivity contribution in [3.05, 3.63) is 18.2 Å². The van der Waals surface area contributed by atoms with Crippen LogP contribution in [0.1, 0.15) is 26.7 Å². The number of rotatable bonds is 6. The summed E-state index contributed by atoms with van der Waals surface area (Å²) < 4.78 is 11.3. The van der Waals surface area contributed by atoms with Gasteiger partial charge in [0, 0.05) is 35.6 Å². The number of nitrogens with one attached hydrogen (secondary N) is 1. The number of carbonyl (C=O) groups is 1. The number of nitrogens with two attached hydrogens (primary N) is 1. The number of halogens is 1. The second-order valence-electron chi connectivity index (χ2n) is 6.02. The maximum Gasteiger partial charge on any atom is 0.220 e. The molecule has 0 aliphatic carbocycles. The molecule has 1 aromatic rings. The lowest BCUT2D eigenvalue weighted by atomic mass is 10.1. The van der Waals surface area contributed by atoms with Crippen LogP contribution in [-0.2, 0) is 4.79 Å². The Balaban J connectivity index is 0.00000264. The van der Waals surface area contributed by atoms with Crippen molar-refractivity contribution in [3.63, 3.8) is 0 Å². The lowest BCUT2D eigenvalue weighted by Crippen LogP contribution is -2.45. The van der Waals surface area contributed by atoms with Crippen LogP contribution in [0.25, 0.3) is 0 Å². The molecular formula is C16H25ClN2O3S. The number of ether oxygens (including phenoxy) is 2. The van der Waals surface area contributed by atoms with Crippen molar-refractivity contribution in [1.82, 2.24) is 5.32 Å². The molecule has 23 heavy (non-hydrogen) atoms. The minimum absolute atomic E-state index is 0. The summed E-state index contributed by atoms with van der Waals surface area (Å²) in [5.41, 5.74) is 5.46. The van der Waals surface area contributed by atoms with Gasteiger partial charge in [-0.05, 0) is 32.0 Å². The molecule has 1 aliphatic rings. The lowest BCUT2D eigenvalue weighted by Gasteiger charge is -2.18. The molecule has 3 N–H and O–H groups in total. The van der Waals surface area contributed by atoms with Crippen molar-refractivity contribution in [3.8, 4) is 11.5 Å². The third-order valence-electron chi connectivity index (χ3n) is 3.06. The summed E-state index contributed by atoms with van der Waals surface area (Å²) >= 11 is 1.63. The second kappa shape index (κ2) is 9.25. The van der Waals surface area contributed by atoms with Crippen LogP contribution in [0.2, 0.25) is 0 Å². The topological polar surface area (TPSA) is 73.6 Å². The van der Waals surface area contributed by atoms with E-state index in [1.165, 1.54) is 0 Å². The van der Waals surface area contributed by atoms with Crippen LogP contribution in [-0.4, -0.2) is 37.0 Å². The largest absolute Gasteiger partial charge is 0.490 e. The fourth-order valence-corrected chi connectivity index (χ4v) is 2.79. The Morgan fingerprint density at radius 3 is 2.70 bits per heavy atom. The van der Waals surface area contributed by atoms with Gasteiger partial charge in [0.1, 0.15) is 0 Å². The van der Waals surface area contributed by atoms with Crippen molar-refractivity contribution in [2.45, 2.75) is 37.1 Å². The Morgan fingerprint density at radius 2 is 2.00 bits per heavy atom. The van der Waals surface area contributed by atoms with Crippen LogP contribution in [0.5, 0.6) is 11.5 Å². The molecule has 1 heterocycles. The summed E-state index contributed by atoms with van der Waals surface area (Å²) in [6.45, 7) is 5.63. The predicted octanol–water partition coefficient (Wildman–Crippen LogP) is 2.61. The highest BCUT2D eigenvalue weighted by molar-refractivity contribution is 7.99. The number of fused-ring (bicyclic) bond motifs is 1. The zero-order chi connectivity index (χ0) is 16.0. The highest BCUT2D eigenvalue weighted by Gasteiger charge is 2.13. The fraction of sp³-hybridized carbons (Fsp3) is 0.562. The molecule has 1 aliphatic heterocycles. The van der Waals surface area contributed by atoms with Gasteiger partial charge in [-0.15, -0.1) is 24.2 Å². The van der Waals surface area contributed by atoms with Crippen molar-refractivity contribution in [2.24, 2.45) is 5.73 Å². The summed E-state index contributed by atoms with van der Waals surface area (Å²) in [4.78, 5) is 12.8. The SMILES string of the molecule is CC(C)(N)CNC(=O)CCSc1ccc2c(c1)OCCCO2.Cl. The number of hydrogen-bond donors (Lipinski definition) is 2. The molecule has 7 heteroatoms. The monoisotopic (exact) mass is 360 g/mol. The lowest BCUT2D eigenvalue weighted by molar-refractivity contribution is -0.120. The van der Waals surface area contributed by atoms with E-state index in [2.05, 4.69) is 5.32 Å². The molecule has 0 saturated carbocycles. The molecule has 0 atom stereocenters. The number of benzene rings is 1. The van der Waals surface area contributed by atoms with Gasteiger partial charge in [-0.1, -0.05) is 0 Å². The molecule has 0 bridgehead atoms. The van der Waals surface area contributed by atoms with Crippen LogP contribution < -0.4 is 20.5 Å². The van der Waals surface area contributed by atoms with Crippen molar-refractivity contribution >= 4 is 30.1 Å². The first-order chi connectivity index (χ1) is 10.4. The van der Waals surface area contributed by atoms with Crippen LogP contribution in [0, 0.1) is 0 Å². The van der Waals surface area contributed by atoms with Gasteiger partial charge in [-0.25, -0.2) is 0 Å². The smallest absolute Gasteiger partial charge is 0.220 e. The third kappa shape index (κ3) is 7.33. The van der Waals surface area contributed by atoms with Gasteiger partial charge >= 0.3 is 0 Å². The molecule has 0 fully saturated rings. The normalized spacial score (nSPS) is 13.7. The third-order valence-corrected chi connectivity index (χ3v) is 4.05. The molecule has 0 unspecified atom stereocenters. The highest BCUT2D eigenvalue weighted by atomic mass is 35.5. The summed E-state index contributed by atoms with van der Waals surface area (Å²) in [6.07, 6.45) is 1.37. The Labute approximate surface area is 148 Å². The Hall–Kier alpha value is -1.11. The number of amides is 1. The first kappa shape index (κ1) is 19.9. The van der Waals surface area contributed by atoms with Gasteiger partial charge in [-0.3, -0.25) is 4.79 Å². The minimum Gasteiger partial charge on any atom is -0.490 e. The minimum atomic E-state index is -0.378. The summed E-state index contributed by atoms with van der Waals surface area (Å²) in [6, 6.07) is 5.91. The molecule has 5 nitrogen and oxygen atoms in total. The van der Waals surface area contributed by atoms with Crippen LogP contribution in [0.3, 0.4) is 0 Å². The summed E-state index contributed by atoms with van der Waals surface area (Å²) in [5.74, 6) is 2.33. The standard InChI is InChI=1S/C16H24N2O3S.ClH/c1-16(2,17)11-18-15(19)6-9-22-12-4-5-13-14(10-12)21-8-3-7-20-13;/h4-5,10H,3,6-9,11,17H2,1-2H3,(H,18,19);1H. The zero-order valence-electron chi connectivity index (χ0n) is 13.6. The molecule has 130 valence electrons. The van der Waals surface area contributed by atoms with E-state index in [-0.39, 0.29) is 23.9 Å². The number of thioether (sulfide) groups is 1. The highest BCUT2D eigenvalue weighted by Crippen LogP contribution is 2.33. The summed E-state index contributed by atoms with van der Waals surface area (Å²) in [7, 11) is 0. The Kier molecular flexibility index (Phi) is 8.02. The number of carbonyl (C=O) groups excluding carboxylic acids is 1. The average molecular weight is 361 g/mol. The van der Waals surface area contributed by atoms with Gasteiger partial charge in [0.05, 0.1) is 13.2 Å². The average Bonchev–Trinajstić information content (AvgIpc) is 2.69. The van der Waals surface area contributed by atoms with Crippen LogP contribution in [0.4, 0.5) is 0 Å². The molecule has 0 radical (unpaired) electrons. The molecular weight excluding hydrogens is 336 g/mol. The van der Waals surface area contributed by atoms with E-state index in [1.807, 2.05) is 32.0 Å². The maximum absolute atomic E-state index is 11.7. The van der Waals surface area contributed by atoms with Gasteiger partial charge in [0.25, 0.3) is 0 Å². The van der Waals surface area contributed by atoms with E-state index < -0.39 is 0 Å². The predicted molar refractivity (Wildman–Crippen MR) is 95.9 cm³/mol. The Morgan fingerprint density at radius 1 is 1.30 bits per heavy atom. The van der Waals surface area contributed by atoms with Crippen LogP contribution >= 0.6 is 24.2 Å². The van der Waals surface area contributed by atoms with E-state index >= 15 is 0 Å². The van der Waals surface area contributed by atoms with Crippen molar-refractivity contribution < 1.29 is 14.3 Å². The summed E-state index contributed by atoms with van der Waals surface area (Å²) in [5, 5.41) is 2.85. The van der Waals surface area contributed by atoms with E-state index in [9.17, 15) is 4.79 Å². The zero-order valence-corrected chi connectivity index (χ0v) is 15.2. The number of hydrogen-bond acceptors (Lipinski definition) is 5. The van der Waals surface area contributed by atoms with E-state index in [4.69, 9.17) is 15.2 Å². The molecule has 1 aromatic carbocycles. The Bertz CT molecular complexity index is 521. The van der Waals surface area contributed by atoms with E-state index in [1.54, 1.807) is 11.8 Å². The fourth-order valence-electron chi connectivity index (χ4n) is 1.91. The molecule has 0 spiro atoms. The molecule has 1 amide bonds. The molecule has 0 aromatic heterocycles. The van der Waals surface area contributed by atoms with E-state index in [0.717, 1.165) is 28.6 Å². The van der Waals surface area contributed by atoms with Gasteiger partial charge < -0.3 is 20.5 Å². The first-order valence-electron chi connectivity index (χ1n) is 7.52. The first-order valence-corrected chi connectivity index (χ1v) is 8.51. The van der Waals surface area contributed by atoms with Crippen LogP contribution in [0.15, 0.2) is 23.1 Å². The molecule has 0 saturated heterocycles. The van der Waals surface area contributed by atoms with Gasteiger partial charge in [-0.2, -0.15) is 0 Å². The van der Waals surface area contributed by atoms with Crippen molar-refractivity contribution in [2.75, 3.05) is 25.5 Å². The maximum atomic E-state index is 11.7. The van der Waals surface area contributed by atoms with E-state index in [0.29, 0.717) is 26.2 Å². The molecule has 2 rings (SSSR count). The van der Waals surface area contributed by atoms with Gasteiger partial charge in [0.15, 0.2) is 11.5 Å². The van der Waals surface area contributed by atoms with Gasteiger partial charge in [0.2, 0.25) is 5.91 Å².